The molecule has 0 saturated heterocycles. The standard InChI is InChI=1S/C21H20N2O3/c1-3-21-9-6-10-22-12-16(24)17-13-7-4-5-8-14(13)23(18(17)19(21)22)15(11-21)20(25)26-2/h4-5,7-8,11-12H,3,6,9-10H2,1-2H3/p+1/t21-/m0/s1. The first-order valence-electron chi connectivity index (χ1n) is 9.12. The van der Waals surface area contributed by atoms with E-state index in [0.29, 0.717) is 5.70 Å². The number of aromatic hydroxyl groups is 1. The van der Waals surface area contributed by atoms with Crippen LogP contribution in [-0.4, -0.2) is 22.8 Å². The number of carbonyl (C=O) groups excluding carboxylic acids is 1. The summed E-state index contributed by atoms with van der Waals surface area (Å²) >= 11 is 0. The Balaban J connectivity index is 2.07. The van der Waals surface area contributed by atoms with Crippen LogP contribution in [0.4, 0.5) is 0 Å². The van der Waals surface area contributed by atoms with Gasteiger partial charge in [-0.15, -0.1) is 0 Å². The van der Waals surface area contributed by atoms with Crippen molar-refractivity contribution in [1.29, 1.82) is 0 Å². The van der Waals surface area contributed by atoms with Crippen LogP contribution in [-0.2, 0) is 21.5 Å². The average molecular weight is 349 g/mol. The van der Waals surface area contributed by atoms with Crippen molar-refractivity contribution in [3.63, 3.8) is 0 Å². The van der Waals surface area contributed by atoms with Crippen LogP contribution in [0.25, 0.3) is 27.5 Å². The van der Waals surface area contributed by atoms with Crippen LogP contribution >= 0.6 is 0 Å². The zero-order chi connectivity index (χ0) is 18.1. The topological polar surface area (TPSA) is 55.3 Å². The van der Waals surface area contributed by atoms with Crippen LogP contribution in [0, 0.1) is 0 Å². The van der Waals surface area contributed by atoms with E-state index in [4.69, 9.17) is 4.74 Å². The molecule has 4 heterocycles. The third-order valence-corrected chi connectivity index (χ3v) is 6.09. The zero-order valence-electron chi connectivity index (χ0n) is 15.0. The highest BCUT2D eigenvalue weighted by atomic mass is 16.5. The van der Waals surface area contributed by atoms with Crippen LogP contribution in [0.5, 0.6) is 5.75 Å². The van der Waals surface area contributed by atoms with Gasteiger partial charge < -0.3 is 9.84 Å². The molecule has 0 bridgehead atoms. The number of rotatable bonds is 2. The molecule has 0 aliphatic carbocycles. The van der Waals surface area contributed by atoms with Crippen molar-refractivity contribution in [1.82, 2.24) is 4.57 Å². The zero-order valence-corrected chi connectivity index (χ0v) is 15.0. The number of hydrogen-bond acceptors (Lipinski definition) is 3. The summed E-state index contributed by atoms with van der Waals surface area (Å²) in [5.74, 6) is -0.0803. The Morgan fingerprint density at radius 1 is 1.38 bits per heavy atom. The molecule has 2 aliphatic heterocycles. The smallest absolute Gasteiger partial charge is 0.354 e. The molecule has 3 aromatic rings. The van der Waals surface area contributed by atoms with Gasteiger partial charge in [0.2, 0.25) is 11.9 Å². The second-order valence-corrected chi connectivity index (χ2v) is 7.27. The van der Waals surface area contributed by atoms with Gasteiger partial charge in [-0.2, -0.15) is 4.57 Å². The molecule has 26 heavy (non-hydrogen) atoms. The Morgan fingerprint density at radius 3 is 2.96 bits per heavy atom. The van der Waals surface area contributed by atoms with Crippen molar-refractivity contribution in [3.8, 4) is 5.75 Å². The Morgan fingerprint density at radius 2 is 2.19 bits per heavy atom. The molecule has 1 N–H and O–H groups in total. The number of pyridine rings is 1. The highest BCUT2D eigenvalue weighted by Crippen LogP contribution is 2.48. The Kier molecular flexibility index (Phi) is 3.03. The molecule has 2 aliphatic rings. The predicted octanol–water partition coefficient (Wildman–Crippen LogP) is 3.26. The average Bonchev–Trinajstić information content (AvgIpc) is 3.02. The maximum atomic E-state index is 12.7. The number of hydrogen-bond donors (Lipinski definition) is 1. The number of aryl methyl sites for hydroxylation is 1. The molecule has 1 aromatic carbocycles. The second-order valence-electron chi connectivity index (χ2n) is 7.27. The van der Waals surface area contributed by atoms with E-state index in [1.807, 2.05) is 35.0 Å². The van der Waals surface area contributed by atoms with Crippen LogP contribution in [0.2, 0.25) is 0 Å². The Bertz CT molecular complexity index is 1130. The summed E-state index contributed by atoms with van der Waals surface area (Å²) in [6.45, 7) is 3.04. The fraction of sp³-hybridized carbons (Fsp3) is 0.333. The molecule has 0 radical (unpaired) electrons. The molecule has 5 heteroatoms. The monoisotopic (exact) mass is 349 g/mol. The number of ether oxygens (including phenoxy) is 1. The minimum absolute atomic E-state index is 0.210. The molecule has 5 rings (SSSR count). The van der Waals surface area contributed by atoms with Gasteiger partial charge in [-0.1, -0.05) is 25.1 Å². The normalized spacial score (nSPS) is 21.1. The van der Waals surface area contributed by atoms with Crippen molar-refractivity contribution >= 4 is 33.5 Å². The van der Waals surface area contributed by atoms with Gasteiger partial charge in [-0.25, -0.2) is 4.79 Å². The lowest BCUT2D eigenvalue weighted by molar-refractivity contribution is -0.712. The van der Waals surface area contributed by atoms with Crippen LogP contribution in [0.3, 0.4) is 0 Å². The molecule has 0 spiro atoms. The van der Waals surface area contributed by atoms with Gasteiger partial charge in [0.1, 0.15) is 17.8 Å². The van der Waals surface area contributed by atoms with Gasteiger partial charge in [0.15, 0.2) is 5.75 Å². The van der Waals surface area contributed by atoms with Crippen molar-refractivity contribution in [2.45, 2.75) is 38.1 Å². The van der Waals surface area contributed by atoms with E-state index in [1.165, 1.54) is 12.8 Å². The summed E-state index contributed by atoms with van der Waals surface area (Å²) in [5.41, 5.74) is 3.39. The number of methoxy groups -OCH3 is 1. The first-order valence-corrected chi connectivity index (χ1v) is 9.12. The Hall–Kier alpha value is -2.82. The molecule has 2 aromatic heterocycles. The molecule has 0 saturated carbocycles. The molecular weight excluding hydrogens is 328 g/mol. The highest BCUT2D eigenvalue weighted by Gasteiger charge is 2.47. The number of fused-ring (bicyclic) bond motifs is 3. The van der Waals surface area contributed by atoms with Crippen molar-refractivity contribution < 1.29 is 19.2 Å². The van der Waals surface area contributed by atoms with Gasteiger partial charge in [0, 0.05) is 11.8 Å². The van der Waals surface area contributed by atoms with E-state index >= 15 is 0 Å². The summed E-state index contributed by atoms with van der Waals surface area (Å²) < 4.78 is 9.26. The summed E-state index contributed by atoms with van der Waals surface area (Å²) in [4.78, 5) is 12.7. The molecule has 5 nitrogen and oxygen atoms in total. The van der Waals surface area contributed by atoms with Gasteiger partial charge in [-0.05, 0) is 25.0 Å². The van der Waals surface area contributed by atoms with Crippen LogP contribution in [0.1, 0.15) is 31.9 Å². The number of allylic oxidation sites excluding steroid dienone is 1. The van der Waals surface area contributed by atoms with Gasteiger partial charge in [-0.3, -0.25) is 4.57 Å². The van der Waals surface area contributed by atoms with Gasteiger partial charge in [0.25, 0.3) is 0 Å². The lowest BCUT2D eigenvalue weighted by atomic mass is 9.72. The fourth-order valence-electron chi connectivity index (χ4n) is 4.94. The fourth-order valence-corrected chi connectivity index (χ4v) is 4.94. The molecule has 1 atom stereocenters. The van der Waals surface area contributed by atoms with Crippen molar-refractivity contribution in [2.75, 3.05) is 7.11 Å². The molecular formula is C21H21N2O3+. The van der Waals surface area contributed by atoms with Crippen LogP contribution in [0.15, 0.2) is 36.5 Å². The minimum atomic E-state index is -0.341. The molecule has 132 valence electrons. The summed E-state index contributed by atoms with van der Waals surface area (Å²) in [7, 11) is 1.42. The van der Waals surface area contributed by atoms with E-state index in [9.17, 15) is 9.90 Å². The molecule has 0 fully saturated rings. The summed E-state index contributed by atoms with van der Waals surface area (Å²) in [6, 6.07) is 7.91. The number of esters is 1. The largest absolute Gasteiger partial charge is 0.502 e. The third kappa shape index (κ3) is 1.70. The first-order chi connectivity index (χ1) is 12.6. The SMILES string of the molecule is CC[C@]12C=C(C(=O)OC)n3c4ccccc4c4c(O)c[n+](c1c43)CCC2. The number of nitrogens with zero attached hydrogens (tertiary/aromatic N) is 2. The number of para-hydroxylation sites is 1. The van der Waals surface area contributed by atoms with Crippen molar-refractivity contribution in [3.05, 3.63) is 42.2 Å². The first kappa shape index (κ1) is 15.4. The number of benzene rings is 1. The quantitative estimate of drug-likeness (QED) is 0.571. The van der Waals surface area contributed by atoms with E-state index in [1.54, 1.807) is 0 Å². The molecule has 0 unspecified atom stereocenters. The lowest BCUT2D eigenvalue weighted by Gasteiger charge is -2.35. The Labute approximate surface area is 151 Å². The van der Waals surface area contributed by atoms with E-state index < -0.39 is 0 Å². The maximum absolute atomic E-state index is 12.7. The molecule has 0 amide bonds. The maximum Gasteiger partial charge on any atom is 0.354 e. The minimum Gasteiger partial charge on any atom is -0.502 e. The van der Waals surface area contributed by atoms with Crippen molar-refractivity contribution in [2.24, 2.45) is 0 Å². The third-order valence-electron chi connectivity index (χ3n) is 6.09. The van der Waals surface area contributed by atoms with Gasteiger partial charge in [0.05, 0.1) is 23.4 Å². The second kappa shape index (κ2) is 5.10. The summed E-state index contributed by atoms with van der Waals surface area (Å²) in [5, 5.41) is 12.6. The van der Waals surface area contributed by atoms with Crippen LogP contribution < -0.4 is 4.57 Å². The summed E-state index contributed by atoms with van der Waals surface area (Å²) in [6.07, 6.45) is 6.86. The van der Waals surface area contributed by atoms with E-state index in [0.717, 1.165) is 47.6 Å². The highest BCUT2D eigenvalue weighted by molar-refractivity contribution is 6.21. The lowest BCUT2D eigenvalue weighted by Crippen LogP contribution is -2.51. The number of carbonyl (C=O) groups is 1. The predicted molar refractivity (Wildman–Crippen MR) is 98.8 cm³/mol. The number of aromatic nitrogens is 2. The van der Waals surface area contributed by atoms with Gasteiger partial charge >= 0.3 is 5.97 Å². The van der Waals surface area contributed by atoms with E-state index in [2.05, 4.69) is 17.6 Å². The van der Waals surface area contributed by atoms with E-state index in [-0.39, 0.29) is 17.1 Å².